The Bertz CT molecular complexity index is 647. The Morgan fingerprint density at radius 1 is 1.48 bits per heavy atom. The molecule has 1 rings (SSSR count). The highest BCUT2D eigenvalue weighted by molar-refractivity contribution is 7.89. The van der Waals surface area contributed by atoms with Crippen LogP contribution in [0, 0.1) is 15.9 Å². The maximum Gasteiger partial charge on any atom is 0.329 e. The molecule has 0 aromatic heterocycles. The van der Waals surface area contributed by atoms with E-state index in [0.29, 0.717) is 6.07 Å². The second-order valence-electron chi connectivity index (χ2n) is 3.71. The molecule has 9 nitrogen and oxygen atoms in total. The highest BCUT2D eigenvalue weighted by Gasteiger charge is 2.20. The topological polar surface area (TPSA) is 136 Å². The highest BCUT2D eigenvalue weighted by atomic mass is 32.2. The smallest absolute Gasteiger partial charge is 0.329 e. The van der Waals surface area contributed by atoms with Crippen molar-refractivity contribution < 1.29 is 32.4 Å². The summed E-state index contributed by atoms with van der Waals surface area (Å²) in [5.74, 6) is -2.47. The zero-order valence-electron chi connectivity index (χ0n) is 10.5. The Hall–Kier alpha value is -2.11. The Balaban J connectivity index is 2.68. The van der Waals surface area contributed by atoms with E-state index in [1.807, 2.05) is 4.72 Å². The van der Waals surface area contributed by atoms with Crippen LogP contribution in [-0.4, -0.2) is 44.2 Å². The second kappa shape index (κ2) is 7.06. The van der Waals surface area contributed by atoms with Gasteiger partial charge >= 0.3 is 11.7 Å². The van der Waals surface area contributed by atoms with Crippen molar-refractivity contribution in [2.75, 3.05) is 19.8 Å². The van der Waals surface area contributed by atoms with Crippen LogP contribution in [0.25, 0.3) is 0 Å². The molecule has 1 aromatic carbocycles. The molecule has 11 heteroatoms. The summed E-state index contributed by atoms with van der Waals surface area (Å²) in [4.78, 5) is 19.1. The third kappa shape index (κ3) is 5.06. The van der Waals surface area contributed by atoms with Crippen LogP contribution in [0.5, 0.6) is 0 Å². The molecule has 0 saturated heterocycles. The summed E-state index contributed by atoms with van der Waals surface area (Å²) >= 11 is 0. The van der Waals surface area contributed by atoms with Crippen molar-refractivity contribution in [3.05, 3.63) is 34.1 Å². The van der Waals surface area contributed by atoms with Gasteiger partial charge in [0.1, 0.15) is 6.61 Å². The van der Waals surface area contributed by atoms with Crippen molar-refractivity contribution in [1.29, 1.82) is 0 Å². The van der Waals surface area contributed by atoms with Gasteiger partial charge in [-0.3, -0.25) is 10.1 Å². The van der Waals surface area contributed by atoms with E-state index in [1.54, 1.807) is 0 Å². The fourth-order valence-corrected chi connectivity index (χ4v) is 2.32. The van der Waals surface area contributed by atoms with E-state index in [-0.39, 0.29) is 13.2 Å². The summed E-state index contributed by atoms with van der Waals surface area (Å²) in [6, 6.07) is 2.16. The van der Waals surface area contributed by atoms with E-state index in [4.69, 9.17) is 5.11 Å². The number of hydrogen-bond acceptors (Lipinski definition) is 6. The molecule has 0 aliphatic heterocycles. The zero-order chi connectivity index (χ0) is 16.0. The van der Waals surface area contributed by atoms with Gasteiger partial charge in [0.2, 0.25) is 15.8 Å². The van der Waals surface area contributed by atoms with E-state index in [1.165, 1.54) is 0 Å². The van der Waals surface area contributed by atoms with Crippen LogP contribution in [-0.2, 0) is 19.6 Å². The summed E-state index contributed by atoms with van der Waals surface area (Å²) < 4.78 is 43.5. The molecular weight excluding hydrogens is 311 g/mol. The summed E-state index contributed by atoms with van der Waals surface area (Å²) in [7, 11) is -4.07. The maximum atomic E-state index is 13.3. The standard InChI is InChI=1S/C10H11FN2O7S/c11-8-5-7(1-2-9(8)13(16)17)21(18,19)12-3-4-20-6-10(14)15/h1-2,5,12H,3-4,6H2,(H,14,15). The number of rotatable bonds is 8. The Labute approximate surface area is 118 Å². The monoisotopic (exact) mass is 322 g/mol. The van der Waals surface area contributed by atoms with Gasteiger partial charge in [-0.1, -0.05) is 0 Å². The fourth-order valence-electron chi connectivity index (χ4n) is 1.29. The number of carbonyl (C=O) groups is 1. The molecule has 0 radical (unpaired) electrons. The molecule has 2 N–H and O–H groups in total. The van der Waals surface area contributed by atoms with Gasteiger partial charge in [-0.15, -0.1) is 0 Å². The minimum Gasteiger partial charge on any atom is -0.480 e. The molecule has 21 heavy (non-hydrogen) atoms. The van der Waals surface area contributed by atoms with E-state index in [2.05, 4.69) is 4.74 Å². The molecule has 0 heterocycles. The van der Waals surface area contributed by atoms with Crippen molar-refractivity contribution in [3.8, 4) is 0 Å². The molecule has 0 amide bonds. The van der Waals surface area contributed by atoms with E-state index >= 15 is 0 Å². The van der Waals surface area contributed by atoms with Crippen molar-refractivity contribution >= 4 is 21.7 Å². The Kier molecular flexibility index (Phi) is 5.69. The lowest BCUT2D eigenvalue weighted by molar-refractivity contribution is -0.387. The molecule has 0 fully saturated rings. The molecule has 1 aromatic rings. The normalized spacial score (nSPS) is 11.3. The van der Waals surface area contributed by atoms with Crippen molar-refractivity contribution in [2.24, 2.45) is 0 Å². The third-order valence-corrected chi connectivity index (χ3v) is 3.65. The number of nitro groups is 1. The lowest BCUT2D eigenvalue weighted by atomic mass is 10.3. The van der Waals surface area contributed by atoms with Gasteiger partial charge in [-0.25, -0.2) is 17.9 Å². The van der Waals surface area contributed by atoms with Crippen LogP contribution >= 0.6 is 0 Å². The van der Waals surface area contributed by atoms with Crippen LogP contribution in [0.15, 0.2) is 23.1 Å². The summed E-state index contributed by atoms with van der Waals surface area (Å²) in [5.41, 5.74) is -0.834. The molecule has 116 valence electrons. The fraction of sp³-hybridized carbons (Fsp3) is 0.300. The second-order valence-corrected chi connectivity index (χ2v) is 5.48. The molecule has 0 aliphatic carbocycles. The number of carboxylic acid groups (broad SMARTS) is 1. The van der Waals surface area contributed by atoms with Crippen molar-refractivity contribution in [1.82, 2.24) is 4.72 Å². The lowest BCUT2D eigenvalue weighted by Gasteiger charge is -2.07. The number of halogens is 1. The van der Waals surface area contributed by atoms with Crippen LogP contribution in [0.1, 0.15) is 0 Å². The Morgan fingerprint density at radius 2 is 2.14 bits per heavy atom. The van der Waals surface area contributed by atoms with Gasteiger partial charge in [-0.2, -0.15) is 4.39 Å². The number of ether oxygens (including phenoxy) is 1. The number of hydrogen-bond donors (Lipinski definition) is 2. The van der Waals surface area contributed by atoms with Crippen LogP contribution < -0.4 is 4.72 Å². The van der Waals surface area contributed by atoms with Crippen LogP contribution in [0.3, 0.4) is 0 Å². The van der Waals surface area contributed by atoms with Gasteiger partial charge in [0.15, 0.2) is 0 Å². The molecule has 0 aliphatic rings. The number of nitrogens with zero attached hydrogens (tertiary/aromatic N) is 1. The minimum absolute atomic E-state index is 0.193. The molecule has 0 spiro atoms. The summed E-state index contributed by atoms with van der Waals surface area (Å²) in [6.07, 6.45) is 0. The quantitative estimate of drug-likeness (QED) is 0.394. The number of aliphatic carboxylic acids is 1. The summed E-state index contributed by atoms with van der Waals surface area (Å²) in [6.45, 7) is -0.997. The van der Waals surface area contributed by atoms with Crippen molar-refractivity contribution in [2.45, 2.75) is 4.90 Å². The first-order valence-electron chi connectivity index (χ1n) is 5.47. The zero-order valence-corrected chi connectivity index (χ0v) is 11.3. The minimum atomic E-state index is -4.07. The highest BCUT2D eigenvalue weighted by Crippen LogP contribution is 2.20. The lowest BCUT2D eigenvalue weighted by Crippen LogP contribution is -2.28. The number of nitro benzene ring substituents is 1. The predicted octanol–water partition coefficient (Wildman–Crippen LogP) is 0.113. The molecular formula is C10H11FN2O7S. The van der Waals surface area contributed by atoms with Crippen molar-refractivity contribution in [3.63, 3.8) is 0 Å². The average Bonchev–Trinajstić information content (AvgIpc) is 2.37. The van der Waals surface area contributed by atoms with Crippen LogP contribution in [0.2, 0.25) is 0 Å². The van der Waals surface area contributed by atoms with Gasteiger partial charge in [0.05, 0.1) is 16.4 Å². The van der Waals surface area contributed by atoms with E-state index < -0.39 is 43.9 Å². The first kappa shape index (κ1) is 16.9. The van der Waals surface area contributed by atoms with Gasteiger partial charge in [-0.05, 0) is 6.07 Å². The number of sulfonamides is 1. The number of carboxylic acids is 1. The first-order valence-corrected chi connectivity index (χ1v) is 6.95. The largest absolute Gasteiger partial charge is 0.480 e. The molecule has 0 bridgehead atoms. The SMILES string of the molecule is O=C(O)COCCNS(=O)(=O)c1ccc([N+](=O)[O-])c(F)c1. The van der Waals surface area contributed by atoms with Gasteiger partial charge in [0, 0.05) is 18.7 Å². The number of nitrogens with one attached hydrogen (secondary N) is 1. The van der Waals surface area contributed by atoms with Gasteiger partial charge in [0.25, 0.3) is 0 Å². The molecule has 0 atom stereocenters. The third-order valence-electron chi connectivity index (χ3n) is 2.19. The Morgan fingerprint density at radius 3 is 2.67 bits per heavy atom. The average molecular weight is 322 g/mol. The van der Waals surface area contributed by atoms with E-state index in [9.17, 15) is 27.7 Å². The first-order chi connectivity index (χ1) is 9.74. The number of benzene rings is 1. The maximum absolute atomic E-state index is 13.3. The van der Waals surface area contributed by atoms with E-state index in [0.717, 1.165) is 12.1 Å². The van der Waals surface area contributed by atoms with Crippen LogP contribution in [0.4, 0.5) is 10.1 Å². The van der Waals surface area contributed by atoms with Gasteiger partial charge < -0.3 is 9.84 Å². The summed E-state index contributed by atoms with van der Waals surface area (Å²) in [5, 5.41) is 18.7. The molecule has 0 unspecified atom stereocenters. The molecule has 0 saturated carbocycles. The predicted molar refractivity (Wildman–Crippen MR) is 66.7 cm³/mol.